The predicted octanol–water partition coefficient (Wildman–Crippen LogP) is 0.455. The topological polar surface area (TPSA) is 68.0 Å². The number of nitrogens with two attached hydrogens (primary N) is 1. The van der Waals surface area contributed by atoms with Crippen molar-refractivity contribution in [2.75, 3.05) is 50.8 Å². The number of ether oxygens (including phenoxy) is 2. The van der Waals surface area contributed by atoms with Gasteiger partial charge in [0.05, 0.1) is 0 Å². The maximum atomic E-state index is 11.8. The minimum atomic E-state index is 0.152. The van der Waals surface area contributed by atoms with Gasteiger partial charge in [0.15, 0.2) is 11.5 Å². The van der Waals surface area contributed by atoms with Gasteiger partial charge in [-0.25, -0.2) is 0 Å². The molecular formula is C15H21N3O3. The molecule has 0 aliphatic carbocycles. The molecular weight excluding hydrogens is 270 g/mol. The zero-order valence-electron chi connectivity index (χ0n) is 12.1. The van der Waals surface area contributed by atoms with Crippen LogP contribution in [-0.4, -0.2) is 56.7 Å². The molecule has 6 nitrogen and oxygen atoms in total. The Morgan fingerprint density at radius 1 is 1.10 bits per heavy atom. The van der Waals surface area contributed by atoms with E-state index in [1.807, 2.05) is 23.1 Å². The lowest BCUT2D eigenvalue weighted by Crippen LogP contribution is -2.49. The van der Waals surface area contributed by atoms with Gasteiger partial charge in [0.1, 0.15) is 13.2 Å². The van der Waals surface area contributed by atoms with Gasteiger partial charge in [0.2, 0.25) is 5.91 Å². The van der Waals surface area contributed by atoms with Gasteiger partial charge >= 0.3 is 0 Å². The van der Waals surface area contributed by atoms with Crippen LogP contribution in [0.3, 0.4) is 0 Å². The van der Waals surface area contributed by atoms with Crippen molar-refractivity contribution < 1.29 is 14.3 Å². The smallest absolute Gasteiger partial charge is 0.223 e. The summed E-state index contributed by atoms with van der Waals surface area (Å²) in [6, 6.07) is 6.02. The predicted molar refractivity (Wildman–Crippen MR) is 79.9 cm³/mol. The molecule has 1 aromatic carbocycles. The first-order chi connectivity index (χ1) is 10.3. The number of amides is 1. The van der Waals surface area contributed by atoms with E-state index in [0.29, 0.717) is 26.2 Å². The second-order valence-corrected chi connectivity index (χ2v) is 5.23. The Balaban J connectivity index is 1.63. The van der Waals surface area contributed by atoms with Crippen LogP contribution < -0.4 is 20.1 Å². The molecule has 0 aromatic heterocycles. The van der Waals surface area contributed by atoms with E-state index in [-0.39, 0.29) is 5.91 Å². The highest BCUT2D eigenvalue weighted by atomic mass is 16.6. The molecule has 1 fully saturated rings. The summed E-state index contributed by atoms with van der Waals surface area (Å²) in [7, 11) is 0. The van der Waals surface area contributed by atoms with Crippen LogP contribution in [0.15, 0.2) is 18.2 Å². The Hall–Kier alpha value is -1.95. The molecule has 0 saturated carbocycles. The normalized spacial score (nSPS) is 17.8. The second-order valence-electron chi connectivity index (χ2n) is 5.23. The van der Waals surface area contributed by atoms with E-state index in [4.69, 9.17) is 15.2 Å². The molecule has 0 unspecified atom stereocenters. The zero-order valence-corrected chi connectivity index (χ0v) is 12.1. The van der Waals surface area contributed by atoms with Crippen LogP contribution >= 0.6 is 0 Å². The quantitative estimate of drug-likeness (QED) is 0.876. The number of anilines is 1. The summed E-state index contributed by atoms with van der Waals surface area (Å²) in [6.45, 7) is 4.76. The first-order valence-corrected chi connectivity index (χ1v) is 7.40. The van der Waals surface area contributed by atoms with Gasteiger partial charge < -0.3 is 25.0 Å². The highest BCUT2D eigenvalue weighted by Gasteiger charge is 2.22. The monoisotopic (exact) mass is 291 g/mol. The number of piperazine rings is 1. The summed E-state index contributed by atoms with van der Waals surface area (Å²) in [6.07, 6.45) is 0.435. The Bertz CT molecular complexity index is 513. The highest BCUT2D eigenvalue weighted by molar-refractivity contribution is 5.76. The van der Waals surface area contributed by atoms with Crippen LogP contribution in [0.25, 0.3) is 0 Å². The first kappa shape index (κ1) is 14.0. The van der Waals surface area contributed by atoms with Gasteiger partial charge in [-0.15, -0.1) is 0 Å². The van der Waals surface area contributed by atoms with Crippen molar-refractivity contribution in [3.8, 4) is 11.5 Å². The number of carbonyl (C=O) groups is 1. The van der Waals surface area contributed by atoms with Crippen LogP contribution in [0.4, 0.5) is 5.69 Å². The number of hydrogen-bond donors (Lipinski definition) is 1. The SMILES string of the molecule is NCCC(=O)N1CCN(c2ccc3c(c2)OCCO3)CC1. The van der Waals surface area contributed by atoms with Crippen LogP contribution in [0.2, 0.25) is 0 Å². The number of benzene rings is 1. The third kappa shape index (κ3) is 3.05. The minimum absolute atomic E-state index is 0.152. The number of fused-ring (bicyclic) bond motifs is 1. The fourth-order valence-electron chi connectivity index (χ4n) is 2.72. The third-order valence-corrected chi connectivity index (χ3v) is 3.88. The van der Waals surface area contributed by atoms with E-state index in [1.165, 1.54) is 0 Å². The van der Waals surface area contributed by atoms with Crippen LogP contribution in [0.5, 0.6) is 11.5 Å². The van der Waals surface area contributed by atoms with Crippen LogP contribution in [-0.2, 0) is 4.79 Å². The van der Waals surface area contributed by atoms with E-state index >= 15 is 0 Å². The Morgan fingerprint density at radius 2 is 1.81 bits per heavy atom. The molecule has 0 spiro atoms. The number of hydrogen-bond acceptors (Lipinski definition) is 5. The largest absolute Gasteiger partial charge is 0.486 e. The van der Waals surface area contributed by atoms with E-state index < -0.39 is 0 Å². The molecule has 2 heterocycles. The number of nitrogens with zero attached hydrogens (tertiary/aromatic N) is 2. The van der Waals surface area contributed by atoms with Crippen molar-refractivity contribution in [1.29, 1.82) is 0 Å². The van der Waals surface area contributed by atoms with Gasteiger partial charge in [0.25, 0.3) is 0 Å². The van der Waals surface area contributed by atoms with Crippen molar-refractivity contribution >= 4 is 11.6 Å². The Kier molecular flexibility index (Phi) is 4.15. The molecule has 1 saturated heterocycles. The van der Waals surface area contributed by atoms with E-state index in [0.717, 1.165) is 43.4 Å². The molecule has 6 heteroatoms. The summed E-state index contributed by atoms with van der Waals surface area (Å²) in [5.74, 6) is 1.77. The molecule has 1 amide bonds. The summed E-state index contributed by atoms with van der Waals surface area (Å²) < 4.78 is 11.1. The molecule has 2 aliphatic rings. The lowest BCUT2D eigenvalue weighted by molar-refractivity contribution is -0.131. The Labute approximate surface area is 124 Å². The lowest BCUT2D eigenvalue weighted by atomic mass is 10.2. The first-order valence-electron chi connectivity index (χ1n) is 7.40. The van der Waals surface area contributed by atoms with Gasteiger partial charge in [-0.1, -0.05) is 0 Å². The molecule has 114 valence electrons. The average molecular weight is 291 g/mol. The molecule has 2 N–H and O–H groups in total. The maximum Gasteiger partial charge on any atom is 0.223 e. The van der Waals surface area contributed by atoms with E-state index in [2.05, 4.69) is 4.90 Å². The van der Waals surface area contributed by atoms with E-state index in [9.17, 15) is 4.79 Å². The van der Waals surface area contributed by atoms with Gasteiger partial charge in [-0.3, -0.25) is 4.79 Å². The summed E-state index contributed by atoms with van der Waals surface area (Å²) >= 11 is 0. The van der Waals surface area contributed by atoms with Crippen molar-refractivity contribution in [3.63, 3.8) is 0 Å². The van der Waals surface area contributed by atoms with Crippen molar-refractivity contribution in [2.24, 2.45) is 5.73 Å². The van der Waals surface area contributed by atoms with Gasteiger partial charge in [-0.2, -0.15) is 0 Å². The van der Waals surface area contributed by atoms with Crippen molar-refractivity contribution in [3.05, 3.63) is 18.2 Å². The molecule has 0 radical (unpaired) electrons. The summed E-state index contributed by atoms with van der Waals surface area (Å²) in [5.41, 5.74) is 6.55. The fourth-order valence-corrected chi connectivity index (χ4v) is 2.72. The van der Waals surface area contributed by atoms with Gasteiger partial charge in [0, 0.05) is 50.9 Å². The van der Waals surface area contributed by atoms with Crippen LogP contribution in [0, 0.1) is 0 Å². The maximum absolute atomic E-state index is 11.8. The zero-order chi connectivity index (χ0) is 14.7. The molecule has 3 rings (SSSR count). The third-order valence-electron chi connectivity index (χ3n) is 3.88. The van der Waals surface area contributed by atoms with Gasteiger partial charge in [-0.05, 0) is 12.1 Å². The van der Waals surface area contributed by atoms with Crippen LogP contribution in [0.1, 0.15) is 6.42 Å². The minimum Gasteiger partial charge on any atom is -0.486 e. The standard InChI is InChI=1S/C15H21N3O3/c16-4-3-15(19)18-7-5-17(6-8-18)12-1-2-13-14(11-12)21-10-9-20-13/h1-2,11H,3-10,16H2. The number of carbonyl (C=O) groups excluding carboxylic acids is 1. The fraction of sp³-hybridized carbons (Fsp3) is 0.533. The molecule has 21 heavy (non-hydrogen) atoms. The average Bonchev–Trinajstić information content (AvgIpc) is 2.55. The Morgan fingerprint density at radius 3 is 2.52 bits per heavy atom. The second kappa shape index (κ2) is 6.22. The van der Waals surface area contributed by atoms with E-state index in [1.54, 1.807) is 0 Å². The molecule has 0 atom stereocenters. The molecule has 1 aromatic rings. The molecule has 0 bridgehead atoms. The summed E-state index contributed by atoms with van der Waals surface area (Å²) in [4.78, 5) is 16.0. The highest BCUT2D eigenvalue weighted by Crippen LogP contribution is 2.34. The summed E-state index contributed by atoms with van der Waals surface area (Å²) in [5, 5.41) is 0. The lowest BCUT2D eigenvalue weighted by Gasteiger charge is -2.36. The number of rotatable bonds is 3. The van der Waals surface area contributed by atoms with Crippen molar-refractivity contribution in [1.82, 2.24) is 4.90 Å². The van der Waals surface area contributed by atoms with Crippen molar-refractivity contribution in [2.45, 2.75) is 6.42 Å². The molecule has 2 aliphatic heterocycles.